The fraction of sp³-hybridized carbons (Fsp3) is 0.625. The Morgan fingerprint density at radius 2 is 1.83 bits per heavy atom. The highest BCUT2D eigenvalue weighted by Gasteiger charge is 2.11. The first kappa shape index (κ1) is 34.9. The summed E-state index contributed by atoms with van der Waals surface area (Å²) in [5.74, 6) is 1.14. The fourth-order valence-corrected chi connectivity index (χ4v) is 1.40. The minimum absolute atomic E-state index is 0. The van der Waals surface area contributed by atoms with Crippen molar-refractivity contribution in [3.63, 3.8) is 0 Å². The standard InChI is InChI=1S/C6H13N5.C6H10O2.C4H11N5.2ClH/c1-4-8-5(7)10-6(9-4)11(2)3;1-4-7-6(3)8-5-2;1-9(2)4(7)8-3(5)6;;/h4H,1-3H3,(H3,7,8,9,10);1,6H,5H2,2-3H3;1-2H3,(H5,5,6,7,8);2*1H. The molecule has 1 rings (SSSR count). The zero-order chi connectivity index (χ0) is 22.3. The van der Waals surface area contributed by atoms with Crippen LogP contribution < -0.4 is 22.5 Å². The number of aliphatic imine (C=N–C) groups is 3. The Bertz CT molecular complexity index is 603. The van der Waals surface area contributed by atoms with Gasteiger partial charge in [0.2, 0.25) is 18.2 Å². The molecule has 0 saturated heterocycles. The molecule has 176 valence electrons. The van der Waals surface area contributed by atoms with Crippen molar-refractivity contribution in [3.8, 4) is 12.5 Å². The largest absolute Gasteiger partial charge is 0.415 e. The number of guanidine groups is 4. The van der Waals surface area contributed by atoms with Crippen LogP contribution in [0, 0.1) is 17.9 Å². The van der Waals surface area contributed by atoms with Gasteiger partial charge in [0.25, 0.3) is 0 Å². The Morgan fingerprint density at radius 3 is 2.13 bits per heavy atom. The normalized spacial score (nSPS) is 15.1. The number of ether oxygens (including phenoxy) is 2. The second-order valence-electron chi connectivity index (χ2n) is 5.63. The van der Waals surface area contributed by atoms with Crippen LogP contribution in [-0.4, -0.2) is 80.9 Å². The lowest BCUT2D eigenvalue weighted by Gasteiger charge is -2.21. The summed E-state index contributed by atoms with van der Waals surface area (Å²) < 4.78 is 9.51. The molecule has 0 radical (unpaired) electrons. The molecule has 0 aliphatic carbocycles. The van der Waals surface area contributed by atoms with Gasteiger partial charge in [-0.3, -0.25) is 10.7 Å². The van der Waals surface area contributed by atoms with E-state index in [4.69, 9.17) is 33.8 Å². The van der Waals surface area contributed by atoms with E-state index < -0.39 is 0 Å². The molecule has 0 aromatic rings. The van der Waals surface area contributed by atoms with E-state index in [1.807, 2.05) is 38.9 Å². The number of nitrogens with two attached hydrogens (primary N) is 3. The van der Waals surface area contributed by atoms with Crippen LogP contribution in [0.3, 0.4) is 0 Å². The highest BCUT2D eigenvalue weighted by Crippen LogP contribution is 1.97. The van der Waals surface area contributed by atoms with Gasteiger partial charge in [-0.25, -0.2) is 9.98 Å². The molecule has 0 amide bonds. The van der Waals surface area contributed by atoms with Gasteiger partial charge in [-0.2, -0.15) is 4.99 Å². The molecule has 14 heteroatoms. The van der Waals surface area contributed by atoms with Crippen molar-refractivity contribution in [2.75, 3.05) is 34.8 Å². The molecule has 30 heavy (non-hydrogen) atoms. The number of halogens is 2. The first-order valence-electron chi connectivity index (χ1n) is 8.38. The smallest absolute Gasteiger partial charge is 0.215 e. The molecule has 0 bridgehead atoms. The van der Waals surface area contributed by atoms with Crippen LogP contribution in [0.1, 0.15) is 20.8 Å². The van der Waals surface area contributed by atoms with Crippen molar-refractivity contribution in [1.29, 1.82) is 5.41 Å². The van der Waals surface area contributed by atoms with E-state index in [0.29, 0.717) is 12.6 Å². The van der Waals surface area contributed by atoms with Crippen molar-refractivity contribution in [3.05, 3.63) is 0 Å². The number of hydrogen-bond donors (Lipinski definition) is 5. The van der Waals surface area contributed by atoms with E-state index in [9.17, 15) is 0 Å². The molecule has 1 aliphatic rings. The Labute approximate surface area is 191 Å². The van der Waals surface area contributed by atoms with Crippen molar-refractivity contribution < 1.29 is 9.47 Å². The van der Waals surface area contributed by atoms with E-state index in [1.165, 1.54) is 0 Å². The third-order valence-corrected chi connectivity index (χ3v) is 2.63. The minimum Gasteiger partial charge on any atom is -0.415 e. The second kappa shape index (κ2) is 19.7. The SMILES string of the molecule is C#COC(C)OCC.CC1N=C(N)NC(N(C)C)=N1.CN(C)C(N)=NC(=N)N.Cl.Cl. The molecular formula is C16H36Cl2N10O2. The predicted molar refractivity (Wildman–Crippen MR) is 128 cm³/mol. The van der Waals surface area contributed by atoms with Gasteiger partial charge in [-0.15, -0.1) is 24.8 Å². The lowest BCUT2D eigenvalue weighted by molar-refractivity contribution is -0.0790. The highest BCUT2D eigenvalue weighted by molar-refractivity contribution is 5.99. The van der Waals surface area contributed by atoms with Gasteiger partial charge in [0.05, 0.1) is 0 Å². The summed E-state index contributed by atoms with van der Waals surface area (Å²) in [6.07, 6.45) is 6.49. The quantitative estimate of drug-likeness (QED) is 0.162. The van der Waals surface area contributed by atoms with Gasteiger partial charge in [0, 0.05) is 34.8 Å². The summed E-state index contributed by atoms with van der Waals surface area (Å²) in [6, 6.07) is 0. The number of hydrogen-bond acceptors (Lipinski definition) is 8. The number of nitrogens with zero attached hydrogens (tertiary/aromatic N) is 5. The Morgan fingerprint density at radius 1 is 1.30 bits per heavy atom. The number of nitrogens with one attached hydrogen (secondary N) is 2. The molecule has 2 unspecified atom stereocenters. The summed E-state index contributed by atoms with van der Waals surface area (Å²) in [5.41, 5.74) is 15.7. The summed E-state index contributed by atoms with van der Waals surface area (Å²) in [5, 5.41) is 9.55. The van der Waals surface area contributed by atoms with Crippen LogP contribution in [0.4, 0.5) is 0 Å². The molecule has 0 aromatic carbocycles. The molecule has 0 fully saturated rings. The average Bonchev–Trinajstić information content (AvgIpc) is 2.55. The van der Waals surface area contributed by atoms with E-state index >= 15 is 0 Å². The van der Waals surface area contributed by atoms with Crippen LogP contribution >= 0.6 is 24.8 Å². The van der Waals surface area contributed by atoms with Gasteiger partial charge in [-0.1, -0.05) is 6.42 Å². The second-order valence-corrected chi connectivity index (χ2v) is 5.63. The molecule has 12 nitrogen and oxygen atoms in total. The Hall–Kier alpha value is -2.62. The van der Waals surface area contributed by atoms with Crippen LogP contribution in [0.5, 0.6) is 0 Å². The maximum absolute atomic E-state index is 6.70. The molecular weight excluding hydrogens is 435 g/mol. The first-order valence-corrected chi connectivity index (χ1v) is 8.38. The van der Waals surface area contributed by atoms with E-state index in [2.05, 4.69) is 25.0 Å². The summed E-state index contributed by atoms with van der Waals surface area (Å²) in [7, 11) is 7.25. The van der Waals surface area contributed by atoms with Crippen LogP contribution in [0.25, 0.3) is 0 Å². The highest BCUT2D eigenvalue weighted by atomic mass is 35.5. The van der Waals surface area contributed by atoms with Crippen molar-refractivity contribution in [2.24, 2.45) is 32.2 Å². The van der Waals surface area contributed by atoms with Crippen molar-refractivity contribution >= 4 is 48.7 Å². The monoisotopic (exact) mass is 470 g/mol. The third kappa shape index (κ3) is 20.1. The van der Waals surface area contributed by atoms with Gasteiger partial charge in [0.15, 0.2) is 11.9 Å². The van der Waals surface area contributed by atoms with Crippen LogP contribution in [-0.2, 0) is 9.47 Å². The zero-order valence-electron chi connectivity index (χ0n) is 18.5. The third-order valence-electron chi connectivity index (χ3n) is 2.63. The maximum Gasteiger partial charge on any atom is 0.215 e. The van der Waals surface area contributed by atoms with Gasteiger partial charge in [-0.05, 0) is 20.8 Å². The van der Waals surface area contributed by atoms with Gasteiger partial charge in [0.1, 0.15) is 12.3 Å². The summed E-state index contributed by atoms with van der Waals surface area (Å²) in [4.78, 5) is 15.1. The Balaban J connectivity index is -0.000000166. The van der Waals surface area contributed by atoms with Gasteiger partial charge >= 0.3 is 0 Å². The predicted octanol–water partition coefficient (Wildman–Crippen LogP) is -0.256. The fourth-order valence-electron chi connectivity index (χ4n) is 1.40. The molecule has 0 saturated carbocycles. The van der Waals surface area contributed by atoms with Crippen LogP contribution in [0.2, 0.25) is 0 Å². The lowest BCUT2D eigenvalue weighted by Crippen LogP contribution is -2.47. The van der Waals surface area contributed by atoms with E-state index in [-0.39, 0.29) is 49.2 Å². The van der Waals surface area contributed by atoms with Crippen molar-refractivity contribution in [2.45, 2.75) is 33.2 Å². The number of rotatable bonds is 3. The molecule has 0 aromatic heterocycles. The van der Waals surface area contributed by atoms with E-state index in [1.54, 1.807) is 25.9 Å². The minimum atomic E-state index is -0.277. The molecule has 0 spiro atoms. The van der Waals surface area contributed by atoms with Crippen molar-refractivity contribution in [1.82, 2.24) is 15.1 Å². The Kier molecular flexibility index (Phi) is 22.9. The molecule has 2 atom stereocenters. The topological polar surface area (TPSA) is 176 Å². The van der Waals surface area contributed by atoms with E-state index in [0.717, 1.165) is 5.96 Å². The molecule has 1 heterocycles. The van der Waals surface area contributed by atoms with Crippen LogP contribution in [0.15, 0.2) is 15.0 Å². The number of terminal acetylenes is 1. The summed E-state index contributed by atoms with van der Waals surface area (Å²) >= 11 is 0. The molecule has 8 N–H and O–H groups in total. The molecule has 1 aliphatic heterocycles. The average molecular weight is 471 g/mol. The first-order chi connectivity index (χ1) is 12.9. The summed E-state index contributed by atoms with van der Waals surface area (Å²) in [6.45, 7) is 6.15. The maximum atomic E-state index is 6.70. The zero-order valence-corrected chi connectivity index (χ0v) is 20.2. The lowest BCUT2D eigenvalue weighted by atomic mass is 10.5. The van der Waals surface area contributed by atoms with Gasteiger partial charge < -0.3 is 36.5 Å².